The van der Waals surface area contributed by atoms with E-state index in [1.807, 2.05) is 31.2 Å². The van der Waals surface area contributed by atoms with Crippen LogP contribution < -0.4 is 10.2 Å². The Morgan fingerprint density at radius 3 is 3.07 bits per heavy atom. The highest BCUT2D eigenvalue weighted by Gasteiger charge is 2.23. The summed E-state index contributed by atoms with van der Waals surface area (Å²) in [7, 11) is 0. The molecule has 3 heteroatoms. The molecular weight excluding hydrogens is 190 g/mol. The van der Waals surface area contributed by atoms with Crippen LogP contribution >= 0.6 is 0 Å². The van der Waals surface area contributed by atoms with Gasteiger partial charge in [-0.3, -0.25) is 4.79 Å². The molecule has 0 aliphatic carbocycles. The number of hydrogen-bond acceptors (Lipinski definition) is 2. The summed E-state index contributed by atoms with van der Waals surface area (Å²) in [4.78, 5) is 15.2. The molecule has 76 valence electrons. The molecule has 0 amide bonds. The normalized spacial score (nSPS) is 18.9. The van der Waals surface area contributed by atoms with Gasteiger partial charge in [0.2, 0.25) is 0 Å². The number of aromatic nitrogens is 1. The van der Waals surface area contributed by atoms with Gasteiger partial charge in [-0.1, -0.05) is 12.1 Å². The number of pyridine rings is 1. The zero-order valence-electron chi connectivity index (χ0n) is 8.41. The van der Waals surface area contributed by atoms with E-state index in [0.717, 1.165) is 16.5 Å². The topological polar surface area (TPSA) is 42.1 Å². The first kappa shape index (κ1) is 8.53. The summed E-state index contributed by atoms with van der Waals surface area (Å²) in [6, 6.07) is 7.52. The molecule has 1 aromatic heterocycles. The van der Waals surface area contributed by atoms with E-state index in [1.54, 1.807) is 0 Å². The monoisotopic (exact) mass is 201 g/mol. The molecule has 15 heavy (non-hydrogen) atoms. The molecule has 0 unspecified atom stereocenters. The van der Waals surface area contributed by atoms with Crippen molar-refractivity contribution in [3.63, 3.8) is 0 Å². The van der Waals surface area contributed by atoms with Crippen molar-refractivity contribution >= 4 is 10.9 Å². The van der Waals surface area contributed by atoms with Gasteiger partial charge in [-0.15, -0.1) is 0 Å². The first-order valence-electron chi connectivity index (χ1n) is 5.06. The third kappa shape index (κ3) is 1.16. The lowest BCUT2D eigenvalue weighted by Gasteiger charge is -2.03. The zero-order valence-corrected chi connectivity index (χ0v) is 8.41. The molecule has 2 heterocycles. The van der Waals surface area contributed by atoms with Gasteiger partial charge in [0.25, 0.3) is 0 Å². The van der Waals surface area contributed by atoms with Crippen molar-refractivity contribution in [2.75, 3.05) is 0 Å². The van der Waals surface area contributed by atoms with E-state index in [-0.39, 0.29) is 11.5 Å². The molecule has 1 N–H and O–H groups in total. The maximum Gasteiger partial charge on any atom is 0.198 e. The minimum Gasteiger partial charge on any atom is -0.475 e. The summed E-state index contributed by atoms with van der Waals surface area (Å²) in [5, 5.41) is 0.744. The van der Waals surface area contributed by atoms with E-state index in [1.165, 1.54) is 0 Å². The summed E-state index contributed by atoms with van der Waals surface area (Å²) < 4.78 is 5.54. The van der Waals surface area contributed by atoms with Crippen molar-refractivity contribution < 1.29 is 4.74 Å². The van der Waals surface area contributed by atoms with Crippen LogP contribution in [0.2, 0.25) is 0 Å². The number of benzene rings is 1. The minimum absolute atomic E-state index is 0.0979. The number of nitrogens with one attached hydrogen (secondary N) is 1. The zero-order chi connectivity index (χ0) is 10.4. The Kier molecular flexibility index (Phi) is 1.63. The molecule has 0 radical (unpaired) electrons. The van der Waals surface area contributed by atoms with Gasteiger partial charge >= 0.3 is 0 Å². The fourth-order valence-corrected chi connectivity index (χ4v) is 2.07. The number of aromatic amines is 1. The van der Waals surface area contributed by atoms with E-state index < -0.39 is 0 Å². The number of H-pyrrole nitrogens is 1. The molecule has 1 aliphatic heterocycles. The summed E-state index contributed by atoms with van der Waals surface area (Å²) >= 11 is 0. The van der Waals surface area contributed by atoms with Crippen molar-refractivity contribution in [3.8, 4) is 5.88 Å². The molecule has 1 atom stereocenters. The van der Waals surface area contributed by atoms with Crippen LogP contribution in [-0.2, 0) is 6.42 Å². The number of rotatable bonds is 0. The highest BCUT2D eigenvalue weighted by Crippen LogP contribution is 2.25. The maximum absolute atomic E-state index is 12.1. The third-order valence-corrected chi connectivity index (χ3v) is 2.78. The van der Waals surface area contributed by atoms with Crippen molar-refractivity contribution in [2.24, 2.45) is 0 Å². The molecule has 2 aromatic rings. The largest absolute Gasteiger partial charge is 0.475 e. The van der Waals surface area contributed by atoms with E-state index >= 15 is 0 Å². The van der Waals surface area contributed by atoms with E-state index in [0.29, 0.717) is 12.3 Å². The number of fused-ring (bicyclic) bond motifs is 2. The molecule has 0 spiro atoms. The summed E-state index contributed by atoms with van der Waals surface area (Å²) in [6.07, 6.45) is 0.802. The first-order valence-corrected chi connectivity index (χ1v) is 5.06. The SMILES string of the molecule is C[C@H]1Cc2c([nH]c3ccccc3c2=O)O1. The molecule has 1 aliphatic rings. The lowest BCUT2D eigenvalue weighted by atomic mass is 10.1. The Bertz CT molecular complexity index is 586. The van der Waals surface area contributed by atoms with E-state index in [2.05, 4.69) is 4.98 Å². The summed E-state index contributed by atoms with van der Waals surface area (Å²) in [5.41, 5.74) is 1.72. The maximum atomic E-state index is 12.1. The lowest BCUT2D eigenvalue weighted by Crippen LogP contribution is -2.09. The fraction of sp³-hybridized carbons (Fsp3) is 0.250. The second-order valence-corrected chi connectivity index (χ2v) is 3.94. The highest BCUT2D eigenvalue weighted by molar-refractivity contribution is 5.80. The van der Waals surface area contributed by atoms with Crippen LogP contribution in [0, 0.1) is 0 Å². The Morgan fingerprint density at radius 1 is 1.40 bits per heavy atom. The Balaban J connectivity index is 2.40. The van der Waals surface area contributed by atoms with Crippen LogP contribution in [-0.4, -0.2) is 11.1 Å². The van der Waals surface area contributed by atoms with Crippen LogP contribution in [0.4, 0.5) is 0 Å². The van der Waals surface area contributed by atoms with Gasteiger partial charge in [0.1, 0.15) is 6.10 Å². The molecule has 0 saturated heterocycles. The van der Waals surface area contributed by atoms with Crippen LogP contribution in [0.25, 0.3) is 10.9 Å². The van der Waals surface area contributed by atoms with E-state index in [9.17, 15) is 4.79 Å². The molecule has 1 aromatic carbocycles. The van der Waals surface area contributed by atoms with Gasteiger partial charge in [-0.25, -0.2) is 0 Å². The van der Waals surface area contributed by atoms with Crippen molar-refractivity contribution in [2.45, 2.75) is 19.4 Å². The van der Waals surface area contributed by atoms with Crippen molar-refractivity contribution in [3.05, 3.63) is 40.1 Å². The summed E-state index contributed by atoms with van der Waals surface area (Å²) in [6.45, 7) is 1.97. The standard InChI is InChI=1S/C12H11NO2/c1-7-6-9-11(14)8-4-2-3-5-10(8)13-12(9)15-7/h2-5,7H,6H2,1H3,(H,13,14)/t7-/m0/s1. The first-order chi connectivity index (χ1) is 7.25. The van der Waals surface area contributed by atoms with Crippen molar-refractivity contribution in [1.82, 2.24) is 4.98 Å². The molecule has 0 fully saturated rings. The number of ether oxygens (including phenoxy) is 1. The minimum atomic E-state index is 0.0979. The number of hydrogen-bond donors (Lipinski definition) is 1. The highest BCUT2D eigenvalue weighted by atomic mass is 16.5. The average molecular weight is 201 g/mol. The Hall–Kier alpha value is -1.77. The van der Waals surface area contributed by atoms with Gasteiger partial charge in [-0.2, -0.15) is 0 Å². The second-order valence-electron chi connectivity index (χ2n) is 3.94. The fourth-order valence-electron chi connectivity index (χ4n) is 2.07. The number of para-hydroxylation sites is 1. The smallest absolute Gasteiger partial charge is 0.198 e. The van der Waals surface area contributed by atoms with Crippen LogP contribution in [0.5, 0.6) is 5.88 Å². The lowest BCUT2D eigenvalue weighted by molar-refractivity contribution is 0.247. The second kappa shape index (κ2) is 2.86. The molecule has 0 bridgehead atoms. The third-order valence-electron chi connectivity index (χ3n) is 2.78. The van der Waals surface area contributed by atoms with Gasteiger partial charge < -0.3 is 9.72 Å². The molecule has 3 rings (SSSR count). The van der Waals surface area contributed by atoms with Crippen LogP contribution in [0.15, 0.2) is 29.1 Å². The average Bonchev–Trinajstić information content (AvgIpc) is 2.59. The molecular formula is C12H11NO2. The Labute approximate surface area is 86.7 Å². The Morgan fingerprint density at radius 2 is 2.20 bits per heavy atom. The van der Waals surface area contributed by atoms with Gasteiger partial charge in [-0.05, 0) is 19.1 Å². The van der Waals surface area contributed by atoms with Crippen LogP contribution in [0.3, 0.4) is 0 Å². The predicted molar refractivity (Wildman–Crippen MR) is 58.4 cm³/mol. The van der Waals surface area contributed by atoms with E-state index in [4.69, 9.17) is 4.74 Å². The molecule has 3 nitrogen and oxygen atoms in total. The summed E-state index contributed by atoms with van der Waals surface area (Å²) in [5.74, 6) is 0.645. The van der Waals surface area contributed by atoms with Gasteiger partial charge in [0.15, 0.2) is 11.3 Å². The molecule has 0 saturated carbocycles. The van der Waals surface area contributed by atoms with Gasteiger partial charge in [0, 0.05) is 11.8 Å². The quantitative estimate of drug-likeness (QED) is 0.706. The van der Waals surface area contributed by atoms with Crippen LogP contribution in [0.1, 0.15) is 12.5 Å². The predicted octanol–water partition coefficient (Wildman–Crippen LogP) is 1.85. The van der Waals surface area contributed by atoms with Gasteiger partial charge in [0.05, 0.1) is 11.1 Å². The van der Waals surface area contributed by atoms with Crippen molar-refractivity contribution in [1.29, 1.82) is 0 Å².